The van der Waals surface area contributed by atoms with Gasteiger partial charge in [-0.1, -0.05) is 0 Å². The van der Waals surface area contributed by atoms with Gasteiger partial charge in [0.2, 0.25) is 0 Å². The van der Waals surface area contributed by atoms with Gasteiger partial charge in [0.25, 0.3) is 0 Å². The average Bonchev–Trinajstić information content (AvgIpc) is 2.18. The molecule has 0 aliphatic carbocycles. The minimum Gasteiger partial charge on any atom is -0.288 e. The van der Waals surface area contributed by atoms with Gasteiger partial charge in [0.05, 0.1) is 13.2 Å². The Morgan fingerprint density at radius 2 is 2.29 bits per heavy atom. The van der Waals surface area contributed by atoms with Crippen LogP contribution < -0.4 is 0 Å². The van der Waals surface area contributed by atoms with Gasteiger partial charge in [0.1, 0.15) is 12.6 Å². The molecule has 1 heterocycles. The number of rotatable bonds is 1. The molecule has 0 saturated carbocycles. The molecule has 1 aliphatic rings. The van der Waals surface area contributed by atoms with Gasteiger partial charge in [-0.15, -0.1) is 0 Å². The number of likely N-dealkylation sites (N-methyl/N-ethyl adjacent to an activating group) is 1. The number of nitrogens with zero attached hydrogens (tertiary/aromatic N) is 1. The van der Waals surface area contributed by atoms with Gasteiger partial charge in [-0.25, -0.2) is 0 Å². The van der Waals surface area contributed by atoms with Crippen LogP contribution in [0.25, 0.3) is 0 Å². The molecule has 0 N–H and O–H groups in total. The van der Waals surface area contributed by atoms with E-state index >= 15 is 0 Å². The molecule has 1 nitrogen and oxygen atoms in total. The molecule has 0 radical (unpaired) electrons. The summed E-state index contributed by atoms with van der Waals surface area (Å²) in [5.74, 6) is 0. The van der Waals surface area contributed by atoms with E-state index in [0.717, 1.165) is 10.5 Å². The Morgan fingerprint density at radius 1 is 1.86 bits per heavy atom. The van der Waals surface area contributed by atoms with Crippen LogP contribution in [0, 0.1) is 0 Å². The van der Waals surface area contributed by atoms with Crippen molar-refractivity contribution < 1.29 is 4.48 Å². The van der Waals surface area contributed by atoms with Gasteiger partial charge in [0, 0.05) is 0 Å². The molecule has 0 aromatic carbocycles. The molecule has 1 fully saturated rings. The zero-order chi connectivity index (χ0) is 5.49. The lowest BCUT2D eigenvalue weighted by atomic mass is 10.6. The zero-order valence-corrected chi connectivity index (χ0v) is 5.02. The van der Waals surface area contributed by atoms with Gasteiger partial charge in [-0.2, -0.15) is 0 Å². The highest BCUT2D eigenvalue weighted by Crippen LogP contribution is 2.26. The molecule has 1 heteroatoms. The molecule has 0 bridgehead atoms. The van der Waals surface area contributed by atoms with E-state index < -0.39 is 0 Å². The zero-order valence-electron chi connectivity index (χ0n) is 5.02. The van der Waals surface area contributed by atoms with Crippen molar-refractivity contribution in [2.45, 2.75) is 13.0 Å². The Labute approximate surface area is 44.8 Å². The van der Waals surface area contributed by atoms with Crippen molar-refractivity contribution in [3.8, 4) is 0 Å². The minimum atomic E-state index is 0.831. The SMILES string of the molecule is C=C[N+]1(C)C[C@@H]1C. The van der Waals surface area contributed by atoms with Crippen LogP contribution in [0.15, 0.2) is 12.8 Å². The monoisotopic (exact) mass is 98.1 g/mol. The molecule has 1 rings (SSSR count). The number of hydrogen-bond acceptors (Lipinski definition) is 0. The molecular weight excluding hydrogens is 86.1 g/mol. The van der Waals surface area contributed by atoms with Crippen molar-refractivity contribution in [3.63, 3.8) is 0 Å². The van der Waals surface area contributed by atoms with E-state index in [1.54, 1.807) is 0 Å². The highest BCUT2D eigenvalue weighted by molar-refractivity contribution is 4.73. The number of hydrogen-bond donors (Lipinski definition) is 0. The van der Waals surface area contributed by atoms with Crippen LogP contribution in [0.5, 0.6) is 0 Å². The normalized spacial score (nSPS) is 48.6. The summed E-state index contributed by atoms with van der Waals surface area (Å²) < 4.78 is 1.07. The van der Waals surface area contributed by atoms with E-state index in [1.165, 1.54) is 6.54 Å². The Bertz CT molecular complexity index is 98.4. The van der Waals surface area contributed by atoms with Crippen LogP contribution in [0.1, 0.15) is 6.92 Å². The second-order valence-electron chi connectivity index (χ2n) is 2.56. The van der Waals surface area contributed by atoms with Crippen LogP contribution in [0.2, 0.25) is 0 Å². The summed E-state index contributed by atoms with van der Waals surface area (Å²) in [6.45, 7) is 7.24. The molecule has 1 saturated heterocycles. The van der Waals surface area contributed by atoms with E-state index in [-0.39, 0.29) is 0 Å². The maximum absolute atomic E-state index is 3.72. The fourth-order valence-corrected chi connectivity index (χ4v) is 0.777. The Hall–Kier alpha value is -0.300. The largest absolute Gasteiger partial charge is 0.288 e. The van der Waals surface area contributed by atoms with Gasteiger partial charge in [0.15, 0.2) is 0 Å². The smallest absolute Gasteiger partial charge is 0.140 e. The summed E-state index contributed by atoms with van der Waals surface area (Å²) in [6, 6.07) is 0.831. The Kier molecular flexibility index (Phi) is 0.762. The van der Waals surface area contributed by atoms with Gasteiger partial charge < -0.3 is 0 Å². The lowest BCUT2D eigenvalue weighted by Crippen LogP contribution is -2.11. The molecule has 1 aliphatic heterocycles. The number of quaternary nitrogens is 1. The van der Waals surface area contributed by atoms with Crippen molar-refractivity contribution in [1.82, 2.24) is 0 Å². The van der Waals surface area contributed by atoms with E-state index in [4.69, 9.17) is 0 Å². The van der Waals surface area contributed by atoms with E-state index in [2.05, 4.69) is 20.6 Å². The maximum atomic E-state index is 3.72. The summed E-state index contributed by atoms with van der Waals surface area (Å²) in [4.78, 5) is 0. The van der Waals surface area contributed by atoms with Crippen molar-refractivity contribution >= 4 is 0 Å². The molecular formula is C6H12N+. The van der Waals surface area contributed by atoms with Crippen LogP contribution >= 0.6 is 0 Å². The third-order valence-electron chi connectivity index (χ3n) is 1.95. The topological polar surface area (TPSA) is 0 Å². The predicted molar refractivity (Wildman–Crippen MR) is 30.7 cm³/mol. The minimum absolute atomic E-state index is 0.831. The quantitative estimate of drug-likeness (QED) is 0.339. The molecule has 0 spiro atoms. The van der Waals surface area contributed by atoms with Crippen LogP contribution in [0.3, 0.4) is 0 Å². The first-order valence-electron chi connectivity index (χ1n) is 2.67. The van der Waals surface area contributed by atoms with Crippen molar-refractivity contribution in [3.05, 3.63) is 12.8 Å². The summed E-state index contributed by atoms with van der Waals surface area (Å²) in [5.41, 5.74) is 0. The second kappa shape index (κ2) is 1.10. The summed E-state index contributed by atoms with van der Waals surface area (Å²) in [5, 5.41) is 0. The Morgan fingerprint density at radius 3 is 2.29 bits per heavy atom. The molecule has 2 atom stereocenters. The third-order valence-corrected chi connectivity index (χ3v) is 1.95. The van der Waals surface area contributed by atoms with Gasteiger partial charge >= 0.3 is 0 Å². The Balaban J connectivity index is 2.51. The van der Waals surface area contributed by atoms with Crippen molar-refractivity contribution in [1.29, 1.82) is 0 Å². The lowest BCUT2D eigenvalue weighted by Gasteiger charge is -2.01. The highest BCUT2D eigenvalue weighted by atomic mass is 15.5. The average molecular weight is 98.2 g/mol. The molecule has 0 amide bonds. The summed E-state index contributed by atoms with van der Waals surface area (Å²) >= 11 is 0. The van der Waals surface area contributed by atoms with Crippen LogP contribution in [0.4, 0.5) is 0 Å². The van der Waals surface area contributed by atoms with Gasteiger partial charge in [-0.3, -0.25) is 4.48 Å². The first-order valence-corrected chi connectivity index (χ1v) is 2.67. The predicted octanol–water partition coefficient (Wildman–Crippen LogP) is 0.979. The fraction of sp³-hybridized carbons (Fsp3) is 0.667. The maximum Gasteiger partial charge on any atom is 0.140 e. The van der Waals surface area contributed by atoms with E-state index in [1.807, 2.05) is 6.20 Å². The third kappa shape index (κ3) is 0.570. The van der Waals surface area contributed by atoms with E-state index in [9.17, 15) is 0 Å². The summed E-state index contributed by atoms with van der Waals surface area (Å²) in [7, 11) is 2.19. The molecule has 7 heavy (non-hydrogen) atoms. The summed E-state index contributed by atoms with van der Waals surface area (Å²) in [6.07, 6.45) is 2.00. The first kappa shape index (κ1) is 4.85. The van der Waals surface area contributed by atoms with Crippen LogP contribution in [-0.2, 0) is 0 Å². The fourth-order valence-electron chi connectivity index (χ4n) is 0.777. The highest BCUT2D eigenvalue weighted by Gasteiger charge is 2.44. The van der Waals surface area contributed by atoms with Crippen molar-refractivity contribution in [2.75, 3.05) is 13.6 Å². The molecule has 0 aromatic heterocycles. The van der Waals surface area contributed by atoms with Gasteiger partial charge in [-0.05, 0) is 13.5 Å². The molecule has 40 valence electrons. The van der Waals surface area contributed by atoms with Crippen LogP contribution in [-0.4, -0.2) is 24.1 Å². The standard InChI is InChI=1S/C6H12N/c1-4-7(3)5-6(7)2/h4,6H,1,5H2,2-3H3/q+1/t6-,7?/m0/s1. The second-order valence-corrected chi connectivity index (χ2v) is 2.56. The lowest BCUT2D eigenvalue weighted by molar-refractivity contribution is -0.732. The van der Waals surface area contributed by atoms with Crippen molar-refractivity contribution in [2.24, 2.45) is 0 Å². The molecule has 0 aromatic rings. The first-order chi connectivity index (χ1) is 3.19. The van der Waals surface area contributed by atoms with E-state index in [0.29, 0.717) is 0 Å². The molecule has 1 unspecified atom stereocenters.